The van der Waals surface area contributed by atoms with Gasteiger partial charge in [-0.1, -0.05) is 37.1 Å². The minimum absolute atomic E-state index is 0.00596. The summed E-state index contributed by atoms with van der Waals surface area (Å²) < 4.78 is 54.1. The van der Waals surface area contributed by atoms with Crippen molar-refractivity contribution in [1.82, 2.24) is 0 Å². The maximum absolute atomic E-state index is 12.8. The molecule has 1 saturated carbocycles. The maximum atomic E-state index is 12.8. The van der Waals surface area contributed by atoms with Crippen molar-refractivity contribution in [1.29, 1.82) is 0 Å². The van der Waals surface area contributed by atoms with Crippen LogP contribution in [0.15, 0.2) is 35.5 Å². The molecule has 0 aromatic rings. The molecule has 2 fully saturated rings. The molecule has 0 radical (unpaired) electrons. The average Bonchev–Trinajstić information content (AvgIpc) is 3.62. The summed E-state index contributed by atoms with van der Waals surface area (Å²) in [6.45, 7) is 19.5. The molecule has 15 nitrogen and oxygen atoms in total. The number of carbonyl (C=O) groups is 5. The van der Waals surface area contributed by atoms with E-state index in [-0.39, 0.29) is 31.5 Å². The van der Waals surface area contributed by atoms with Crippen LogP contribution in [0.1, 0.15) is 88.5 Å². The molecule has 13 atom stereocenters. The molecule has 57 heavy (non-hydrogen) atoms. The number of rotatable bonds is 15. The third kappa shape index (κ3) is 10.7. The topological polar surface area (TPSA) is 189 Å². The molecule has 4 aliphatic rings. The number of fused-ring (bicyclic) bond motifs is 2. The van der Waals surface area contributed by atoms with E-state index in [1.54, 1.807) is 27.0 Å². The van der Waals surface area contributed by atoms with Crippen molar-refractivity contribution in [3.8, 4) is 0 Å². The van der Waals surface area contributed by atoms with Gasteiger partial charge in [0.05, 0.1) is 31.5 Å². The van der Waals surface area contributed by atoms with Crippen LogP contribution in [-0.2, 0) is 66.6 Å². The van der Waals surface area contributed by atoms with E-state index in [0.29, 0.717) is 12.2 Å². The molecule has 320 valence electrons. The minimum Gasteiger partial charge on any atom is -0.465 e. The molecule has 3 aliphatic carbocycles. The number of esters is 5. The van der Waals surface area contributed by atoms with Gasteiger partial charge in [0.2, 0.25) is 0 Å². The number of methoxy groups -OCH3 is 1. The van der Waals surface area contributed by atoms with Crippen LogP contribution in [0.3, 0.4) is 0 Å². The predicted molar refractivity (Wildman–Crippen MR) is 203 cm³/mol. The number of carbonyl (C=O) groups excluding carboxylic acids is 5. The Kier molecular flexibility index (Phi) is 15.3. The number of aliphatic hydroxyl groups excluding tert-OH is 1. The van der Waals surface area contributed by atoms with Crippen LogP contribution in [0, 0.1) is 29.1 Å². The van der Waals surface area contributed by atoms with E-state index in [1.807, 2.05) is 20.8 Å². The van der Waals surface area contributed by atoms with E-state index in [9.17, 15) is 29.1 Å². The SMILES string of the molecule is C=CC(C)(C)OC[C@H]1O[C@H](O[C@@H]2C3=C([C@@H](C)COC(C)=O)C[C@H](OC(C)=O)[C@]3(C)/C=C3/[C@@H](COC)CC[C@H]3[C@@H](C)[C@H]2O)[C@H](OC(C)=O)[C@@H](OC(C)=O)[C@@H]1OC(C)=O. The molecule has 0 aromatic carbocycles. The summed E-state index contributed by atoms with van der Waals surface area (Å²) in [5.41, 5.74) is 0.467. The molecule has 1 N–H and O–H groups in total. The van der Waals surface area contributed by atoms with Crippen LogP contribution in [0.5, 0.6) is 0 Å². The fraction of sp³-hybridized carbons (Fsp3) is 0.738. The van der Waals surface area contributed by atoms with Crippen molar-refractivity contribution >= 4 is 29.8 Å². The van der Waals surface area contributed by atoms with Gasteiger partial charge in [-0.2, -0.15) is 0 Å². The highest BCUT2D eigenvalue weighted by Crippen LogP contribution is 2.57. The molecular formula is C42H62O15. The predicted octanol–water partition coefficient (Wildman–Crippen LogP) is 4.32. The molecule has 1 saturated heterocycles. The first-order chi connectivity index (χ1) is 26.6. The van der Waals surface area contributed by atoms with E-state index >= 15 is 0 Å². The van der Waals surface area contributed by atoms with E-state index in [0.717, 1.165) is 37.8 Å². The zero-order chi connectivity index (χ0) is 42.6. The number of hydrogen-bond acceptors (Lipinski definition) is 15. The molecule has 0 spiro atoms. The second-order valence-corrected chi connectivity index (χ2v) is 16.5. The van der Waals surface area contributed by atoms with E-state index in [1.165, 1.54) is 20.8 Å². The summed E-state index contributed by atoms with van der Waals surface area (Å²) >= 11 is 0. The van der Waals surface area contributed by atoms with Gasteiger partial charge in [0.15, 0.2) is 24.6 Å². The van der Waals surface area contributed by atoms with Crippen molar-refractivity contribution in [3.63, 3.8) is 0 Å². The zero-order valence-electron chi connectivity index (χ0n) is 35.2. The van der Waals surface area contributed by atoms with E-state index in [2.05, 4.69) is 12.7 Å². The Labute approximate surface area is 335 Å². The first-order valence-electron chi connectivity index (χ1n) is 19.7. The average molecular weight is 807 g/mol. The van der Waals surface area contributed by atoms with Crippen molar-refractivity contribution in [2.24, 2.45) is 29.1 Å². The highest BCUT2D eigenvalue weighted by atomic mass is 16.7. The van der Waals surface area contributed by atoms with Crippen LogP contribution < -0.4 is 0 Å². The van der Waals surface area contributed by atoms with Gasteiger partial charge < -0.3 is 47.7 Å². The largest absolute Gasteiger partial charge is 0.465 e. The van der Waals surface area contributed by atoms with Gasteiger partial charge in [-0.25, -0.2) is 0 Å². The summed E-state index contributed by atoms with van der Waals surface area (Å²) in [5.74, 6) is -4.13. The standard InChI is InChI=1S/C42H62O15/c1-13-41(9,10)51-20-32-36(53-25(6)45)38(54-26(7)46)39(55-27(8)47)40(56-32)57-37-34-30(21(2)18-50-23(4)43)16-33(52-24(5)44)42(34,11)17-31-28(19-49-12)14-15-29(31)22(3)35(37)48/h13,17,21-22,28-29,32-33,35-40,48H,1,14-16,18-20H2,2-12H3/b31-17-/t21-,22+,28+,29-,32+,33-,35+,36+,37+,38-,39+,40+,42-/m0/s1. The second kappa shape index (κ2) is 19.0. The summed E-state index contributed by atoms with van der Waals surface area (Å²) in [7, 11) is 1.65. The summed E-state index contributed by atoms with van der Waals surface area (Å²) in [5, 5.41) is 12.7. The van der Waals surface area contributed by atoms with Crippen molar-refractivity contribution in [2.75, 3.05) is 26.9 Å². The Morgan fingerprint density at radius 1 is 0.930 bits per heavy atom. The molecule has 0 amide bonds. The lowest BCUT2D eigenvalue weighted by atomic mass is 9.68. The summed E-state index contributed by atoms with van der Waals surface area (Å²) in [6, 6.07) is 0. The lowest BCUT2D eigenvalue weighted by molar-refractivity contribution is -0.323. The Bertz CT molecular complexity index is 1580. The molecule has 1 heterocycles. The van der Waals surface area contributed by atoms with Crippen LogP contribution in [0.25, 0.3) is 0 Å². The highest BCUT2D eigenvalue weighted by molar-refractivity contribution is 5.69. The monoisotopic (exact) mass is 806 g/mol. The third-order valence-electron chi connectivity index (χ3n) is 11.7. The molecule has 4 rings (SSSR count). The van der Waals surface area contributed by atoms with Gasteiger partial charge in [-0.15, -0.1) is 6.58 Å². The first kappa shape index (κ1) is 46.1. The Morgan fingerprint density at radius 2 is 1.53 bits per heavy atom. The molecule has 1 aliphatic heterocycles. The second-order valence-electron chi connectivity index (χ2n) is 16.5. The van der Waals surface area contributed by atoms with Gasteiger partial charge in [0.1, 0.15) is 18.3 Å². The first-order valence-corrected chi connectivity index (χ1v) is 19.7. The third-order valence-corrected chi connectivity index (χ3v) is 11.7. The van der Waals surface area contributed by atoms with Gasteiger partial charge in [-0.05, 0) is 51.0 Å². The van der Waals surface area contributed by atoms with Gasteiger partial charge in [0.25, 0.3) is 0 Å². The van der Waals surface area contributed by atoms with Crippen molar-refractivity contribution in [2.45, 2.75) is 143 Å². The molecule has 15 heteroatoms. The van der Waals surface area contributed by atoms with Gasteiger partial charge in [-0.3, -0.25) is 24.0 Å². The lowest BCUT2D eigenvalue weighted by Gasteiger charge is -2.48. The Morgan fingerprint density at radius 3 is 2.09 bits per heavy atom. The minimum atomic E-state index is -1.54. The molecule has 0 bridgehead atoms. The van der Waals surface area contributed by atoms with Crippen LogP contribution >= 0.6 is 0 Å². The Balaban J connectivity index is 1.97. The molecular weight excluding hydrogens is 744 g/mol. The van der Waals surface area contributed by atoms with E-state index in [4.69, 9.17) is 42.6 Å². The van der Waals surface area contributed by atoms with Gasteiger partial charge in [0, 0.05) is 65.4 Å². The van der Waals surface area contributed by atoms with Crippen LogP contribution in [0.2, 0.25) is 0 Å². The van der Waals surface area contributed by atoms with Crippen molar-refractivity contribution in [3.05, 3.63) is 35.5 Å². The summed E-state index contributed by atoms with van der Waals surface area (Å²) in [4.78, 5) is 62.7. The van der Waals surface area contributed by atoms with Crippen LogP contribution in [0.4, 0.5) is 0 Å². The number of ether oxygens (including phenoxy) is 9. The summed E-state index contributed by atoms with van der Waals surface area (Å²) in [6.07, 6.45) is -4.62. The van der Waals surface area contributed by atoms with Crippen molar-refractivity contribution < 1.29 is 71.7 Å². The number of aliphatic hydroxyl groups is 1. The lowest BCUT2D eigenvalue weighted by Crippen LogP contribution is -2.64. The Hall–Kier alpha value is -3.63. The van der Waals surface area contributed by atoms with E-state index < -0.39 is 102 Å². The fourth-order valence-electron chi connectivity index (χ4n) is 8.84. The quantitative estimate of drug-likeness (QED) is 0.140. The van der Waals surface area contributed by atoms with Gasteiger partial charge >= 0.3 is 29.8 Å². The highest BCUT2D eigenvalue weighted by Gasteiger charge is 2.58. The smallest absolute Gasteiger partial charge is 0.303 e. The van der Waals surface area contributed by atoms with Crippen LogP contribution in [-0.4, -0.2) is 117 Å². The zero-order valence-corrected chi connectivity index (χ0v) is 35.2. The maximum Gasteiger partial charge on any atom is 0.303 e. The fourth-order valence-corrected chi connectivity index (χ4v) is 8.84. The number of hydrogen-bond donors (Lipinski definition) is 1. The molecule has 0 aromatic heterocycles. The molecule has 0 unspecified atom stereocenters. The normalized spacial score (nSPS) is 35.3.